The zero-order valence-electron chi connectivity index (χ0n) is 13.8. The minimum atomic E-state index is 0.618. The maximum absolute atomic E-state index is 3.47. The number of benzene rings is 1. The van der Waals surface area contributed by atoms with Crippen LogP contribution in [0, 0.1) is 0 Å². The number of unbranched alkanes of at least 4 members (excludes halogenated alkanes) is 3. The summed E-state index contributed by atoms with van der Waals surface area (Å²) < 4.78 is 0. The van der Waals surface area contributed by atoms with Crippen molar-refractivity contribution in [3.8, 4) is 0 Å². The van der Waals surface area contributed by atoms with E-state index >= 15 is 0 Å². The van der Waals surface area contributed by atoms with Crippen molar-refractivity contribution in [2.45, 2.75) is 58.9 Å². The number of anilines is 1. The maximum atomic E-state index is 3.47. The van der Waals surface area contributed by atoms with E-state index in [0.29, 0.717) is 6.04 Å². The molecule has 0 unspecified atom stereocenters. The second-order valence-electron chi connectivity index (χ2n) is 5.96. The molecule has 20 heavy (non-hydrogen) atoms. The van der Waals surface area contributed by atoms with Crippen LogP contribution < -0.4 is 10.2 Å². The molecule has 0 saturated heterocycles. The molecule has 0 spiro atoms. The summed E-state index contributed by atoms with van der Waals surface area (Å²) in [4.78, 5) is 2.37. The van der Waals surface area contributed by atoms with Crippen LogP contribution in [-0.4, -0.2) is 26.2 Å². The Kier molecular flexibility index (Phi) is 8.36. The quantitative estimate of drug-likeness (QED) is 0.643. The van der Waals surface area contributed by atoms with Crippen molar-refractivity contribution in [1.29, 1.82) is 0 Å². The second-order valence-corrected chi connectivity index (χ2v) is 5.96. The van der Waals surface area contributed by atoms with E-state index < -0.39 is 0 Å². The molecule has 0 bridgehead atoms. The number of aryl methyl sites for hydroxylation is 1. The average molecular weight is 276 g/mol. The molecule has 2 heteroatoms. The molecule has 1 N–H and O–H groups in total. The van der Waals surface area contributed by atoms with Gasteiger partial charge in [-0.1, -0.05) is 45.7 Å². The molecule has 0 fully saturated rings. The van der Waals surface area contributed by atoms with E-state index in [1.54, 1.807) is 0 Å². The highest BCUT2D eigenvalue weighted by Gasteiger charge is 2.00. The van der Waals surface area contributed by atoms with Gasteiger partial charge in [-0.15, -0.1) is 0 Å². The Balaban J connectivity index is 2.11. The fourth-order valence-electron chi connectivity index (χ4n) is 2.33. The fraction of sp³-hybridized carbons (Fsp3) is 0.667. The lowest BCUT2D eigenvalue weighted by Crippen LogP contribution is -2.23. The Hall–Kier alpha value is -1.02. The molecular formula is C18H32N2. The minimum Gasteiger partial charge on any atom is -0.375 e. The topological polar surface area (TPSA) is 15.3 Å². The Labute approximate surface area is 125 Å². The van der Waals surface area contributed by atoms with Crippen LogP contribution in [0.2, 0.25) is 0 Å². The Morgan fingerprint density at radius 3 is 2.25 bits per heavy atom. The van der Waals surface area contributed by atoms with Gasteiger partial charge in [0, 0.05) is 25.3 Å². The highest BCUT2D eigenvalue weighted by Crippen LogP contribution is 2.15. The van der Waals surface area contributed by atoms with Gasteiger partial charge < -0.3 is 10.2 Å². The first-order chi connectivity index (χ1) is 9.63. The molecule has 0 aliphatic rings. The molecule has 1 rings (SSSR count). The van der Waals surface area contributed by atoms with E-state index in [1.165, 1.54) is 36.9 Å². The molecule has 0 heterocycles. The van der Waals surface area contributed by atoms with Crippen molar-refractivity contribution >= 4 is 5.69 Å². The zero-order chi connectivity index (χ0) is 14.8. The van der Waals surface area contributed by atoms with Gasteiger partial charge in [-0.25, -0.2) is 0 Å². The number of hydrogen-bond donors (Lipinski definition) is 1. The third kappa shape index (κ3) is 6.95. The molecule has 0 atom stereocenters. The molecule has 2 nitrogen and oxygen atoms in total. The van der Waals surface area contributed by atoms with E-state index in [4.69, 9.17) is 0 Å². The van der Waals surface area contributed by atoms with Crippen LogP contribution in [0.4, 0.5) is 5.69 Å². The first-order valence-corrected chi connectivity index (χ1v) is 8.17. The van der Waals surface area contributed by atoms with Crippen LogP contribution in [0.1, 0.15) is 52.0 Å². The van der Waals surface area contributed by atoms with E-state index in [2.05, 4.69) is 62.3 Å². The third-order valence-electron chi connectivity index (χ3n) is 3.76. The highest BCUT2D eigenvalue weighted by atomic mass is 15.1. The van der Waals surface area contributed by atoms with Gasteiger partial charge in [-0.05, 0) is 43.5 Å². The molecule has 0 aliphatic carbocycles. The van der Waals surface area contributed by atoms with Gasteiger partial charge >= 0.3 is 0 Å². The fourth-order valence-corrected chi connectivity index (χ4v) is 2.33. The van der Waals surface area contributed by atoms with E-state index in [9.17, 15) is 0 Å². The summed E-state index contributed by atoms with van der Waals surface area (Å²) in [7, 11) is 2.20. The first-order valence-electron chi connectivity index (χ1n) is 8.17. The number of hydrogen-bond acceptors (Lipinski definition) is 2. The molecule has 0 amide bonds. The Bertz CT molecular complexity index is 343. The number of nitrogens with zero attached hydrogens (tertiary/aromatic N) is 1. The van der Waals surface area contributed by atoms with Crippen LogP contribution in [0.15, 0.2) is 24.3 Å². The summed E-state index contributed by atoms with van der Waals surface area (Å²) in [6.07, 6.45) is 6.37. The lowest BCUT2D eigenvalue weighted by atomic mass is 10.1. The Morgan fingerprint density at radius 1 is 1.00 bits per heavy atom. The average Bonchev–Trinajstić information content (AvgIpc) is 2.45. The monoisotopic (exact) mass is 276 g/mol. The normalized spacial score (nSPS) is 11.1. The second kappa shape index (κ2) is 9.82. The summed E-state index contributed by atoms with van der Waals surface area (Å²) in [6, 6.07) is 9.58. The largest absolute Gasteiger partial charge is 0.375 e. The van der Waals surface area contributed by atoms with E-state index in [0.717, 1.165) is 19.5 Å². The molecular weight excluding hydrogens is 244 g/mol. The summed E-state index contributed by atoms with van der Waals surface area (Å²) in [5, 5.41) is 3.47. The number of rotatable bonds is 10. The summed E-state index contributed by atoms with van der Waals surface area (Å²) in [5.74, 6) is 0. The molecule has 0 radical (unpaired) electrons. The van der Waals surface area contributed by atoms with Gasteiger partial charge in [-0.2, -0.15) is 0 Å². The summed E-state index contributed by atoms with van der Waals surface area (Å²) >= 11 is 0. The Morgan fingerprint density at radius 2 is 1.65 bits per heavy atom. The van der Waals surface area contributed by atoms with Crippen molar-refractivity contribution in [2.75, 3.05) is 25.0 Å². The standard InChI is InChI=1S/C18H32N2/c1-5-17-10-12-18(13-11-17)20(4)15-9-7-6-8-14-19-16(2)3/h10-13,16,19H,5-9,14-15H2,1-4H3. The van der Waals surface area contributed by atoms with Gasteiger partial charge in [-0.3, -0.25) is 0 Å². The van der Waals surface area contributed by atoms with Crippen molar-refractivity contribution in [1.82, 2.24) is 5.32 Å². The molecule has 1 aromatic rings. The maximum Gasteiger partial charge on any atom is 0.0363 e. The van der Waals surface area contributed by atoms with Crippen molar-refractivity contribution in [3.63, 3.8) is 0 Å². The molecule has 0 aliphatic heterocycles. The SMILES string of the molecule is CCc1ccc(N(C)CCCCCCNC(C)C)cc1. The predicted octanol–water partition coefficient (Wildman–Crippen LogP) is 4.24. The first kappa shape index (κ1) is 17.0. The van der Waals surface area contributed by atoms with Crippen molar-refractivity contribution in [2.24, 2.45) is 0 Å². The lowest BCUT2D eigenvalue weighted by Gasteiger charge is -2.19. The zero-order valence-corrected chi connectivity index (χ0v) is 13.8. The smallest absolute Gasteiger partial charge is 0.0363 e. The van der Waals surface area contributed by atoms with Gasteiger partial charge in [0.25, 0.3) is 0 Å². The van der Waals surface area contributed by atoms with Crippen molar-refractivity contribution < 1.29 is 0 Å². The van der Waals surface area contributed by atoms with Crippen LogP contribution in [0.3, 0.4) is 0 Å². The number of nitrogens with one attached hydrogen (secondary N) is 1. The summed E-state index contributed by atoms with van der Waals surface area (Å²) in [5.41, 5.74) is 2.75. The molecule has 0 saturated carbocycles. The van der Waals surface area contributed by atoms with Crippen LogP contribution in [-0.2, 0) is 6.42 Å². The van der Waals surface area contributed by atoms with Gasteiger partial charge in [0.15, 0.2) is 0 Å². The van der Waals surface area contributed by atoms with E-state index in [1.807, 2.05) is 0 Å². The van der Waals surface area contributed by atoms with Gasteiger partial charge in [0.05, 0.1) is 0 Å². The van der Waals surface area contributed by atoms with Crippen LogP contribution in [0.25, 0.3) is 0 Å². The third-order valence-corrected chi connectivity index (χ3v) is 3.76. The van der Waals surface area contributed by atoms with Gasteiger partial charge in [0.1, 0.15) is 0 Å². The summed E-state index contributed by atoms with van der Waals surface area (Å²) in [6.45, 7) is 8.93. The molecule has 0 aromatic heterocycles. The highest BCUT2D eigenvalue weighted by molar-refractivity contribution is 5.46. The minimum absolute atomic E-state index is 0.618. The molecule has 114 valence electrons. The molecule has 1 aromatic carbocycles. The predicted molar refractivity (Wildman–Crippen MR) is 90.7 cm³/mol. The lowest BCUT2D eigenvalue weighted by molar-refractivity contribution is 0.542. The van der Waals surface area contributed by atoms with E-state index in [-0.39, 0.29) is 0 Å². The van der Waals surface area contributed by atoms with Gasteiger partial charge in [0.2, 0.25) is 0 Å². The van der Waals surface area contributed by atoms with Crippen LogP contribution >= 0.6 is 0 Å². The van der Waals surface area contributed by atoms with Crippen molar-refractivity contribution in [3.05, 3.63) is 29.8 Å². The van der Waals surface area contributed by atoms with Crippen LogP contribution in [0.5, 0.6) is 0 Å².